The van der Waals surface area contributed by atoms with Crippen molar-refractivity contribution in [2.45, 2.75) is 31.8 Å². The van der Waals surface area contributed by atoms with E-state index in [1.54, 1.807) is 7.11 Å². The number of carbonyl (C=O) groups excluding carboxylic acids is 1. The number of hydrogen-bond donors (Lipinski definition) is 1. The van der Waals surface area contributed by atoms with Crippen LogP contribution in [0.5, 0.6) is 5.75 Å². The van der Waals surface area contributed by atoms with Crippen LogP contribution in [0, 0.1) is 0 Å². The zero-order valence-electron chi connectivity index (χ0n) is 14.3. The van der Waals surface area contributed by atoms with Crippen molar-refractivity contribution >= 4 is 17.3 Å². The van der Waals surface area contributed by atoms with Crippen LogP contribution >= 0.6 is 0 Å². The number of morpholine rings is 1. The summed E-state index contributed by atoms with van der Waals surface area (Å²) in [7, 11) is 1.61. The molecule has 0 aliphatic carbocycles. The summed E-state index contributed by atoms with van der Waals surface area (Å²) in [6.07, 6.45) is 3.61. The Kier molecular flexibility index (Phi) is 5.93. The molecule has 2 saturated heterocycles. The van der Waals surface area contributed by atoms with Crippen molar-refractivity contribution in [2.75, 3.05) is 50.2 Å². The number of nitrogens with zero attached hydrogens (tertiary/aromatic N) is 1. The lowest BCUT2D eigenvalue weighted by Gasteiger charge is -2.29. The topological polar surface area (TPSA) is 60.0 Å². The Balaban J connectivity index is 1.66. The molecule has 3 rings (SSSR count). The van der Waals surface area contributed by atoms with Crippen molar-refractivity contribution in [1.82, 2.24) is 0 Å². The van der Waals surface area contributed by atoms with E-state index >= 15 is 0 Å². The molecule has 1 amide bonds. The molecule has 1 atom stereocenters. The minimum absolute atomic E-state index is 0.0284. The van der Waals surface area contributed by atoms with Crippen LogP contribution in [0.15, 0.2) is 18.2 Å². The number of benzene rings is 1. The number of carbonyl (C=O) groups is 1. The number of anilines is 2. The van der Waals surface area contributed by atoms with Gasteiger partial charge in [-0.15, -0.1) is 0 Å². The average Bonchev–Trinajstić information content (AvgIpc) is 2.63. The van der Waals surface area contributed by atoms with Crippen LogP contribution < -0.4 is 15.0 Å². The molecule has 1 N–H and O–H groups in total. The Labute approximate surface area is 143 Å². The van der Waals surface area contributed by atoms with E-state index in [-0.39, 0.29) is 12.0 Å². The van der Waals surface area contributed by atoms with Gasteiger partial charge in [-0.2, -0.15) is 0 Å². The van der Waals surface area contributed by atoms with Crippen LogP contribution in [-0.4, -0.2) is 52.0 Å². The van der Waals surface area contributed by atoms with Crippen LogP contribution in [0.25, 0.3) is 0 Å². The Morgan fingerprint density at radius 2 is 2.12 bits per heavy atom. The van der Waals surface area contributed by atoms with Gasteiger partial charge in [0.25, 0.3) is 0 Å². The number of ether oxygens (including phenoxy) is 3. The lowest BCUT2D eigenvalue weighted by molar-refractivity contribution is -0.119. The van der Waals surface area contributed by atoms with Crippen molar-refractivity contribution in [3.63, 3.8) is 0 Å². The largest absolute Gasteiger partial charge is 0.495 e. The van der Waals surface area contributed by atoms with Crippen LogP contribution in [0.3, 0.4) is 0 Å². The highest BCUT2D eigenvalue weighted by Gasteiger charge is 2.19. The van der Waals surface area contributed by atoms with Crippen molar-refractivity contribution in [3.8, 4) is 5.75 Å². The van der Waals surface area contributed by atoms with Gasteiger partial charge >= 0.3 is 0 Å². The first-order chi connectivity index (χ1) is 11.8. The van der Waals surface area contributed by atoms with E-state index in [2.05, 4.69) is 10.2 Å². The molecular formula is C18H26N2O4. The van der Waals surface area contributed by atoms with Crippen LogP contribution in [-0.2, 0) is 14.3 Å². The van der Waals surface area contributed by atoms with Crippen molar-refractivity contribution < 1.29 is 19.0 Å². The first-order valence-electron chi connectivity index (χ1n) is 8.68. The van der Waals surface area contributed by atoms with Gasteiger partial charge in [-0.1, -0.05) is 0 Å². The first kappa shape index (κ1) is 17.0. The SMILES string of the molecule is COc1ccc(N2CCOCC2)cc1NC(=O)CC1CCCCO1. The fourth-order valence-corrected chi connectivity index (χ4v) is 3.19. The molecular weight excluding hydrogens is 308 g/mol. The molecule has 0 radical (unpaired) electrons. The average molecular weight is 334 g/mol. The minimum atomic E-state index is -0.0284. The van der Waals surface area contributed by atoms with Gasteiger partial charge in [-0.25, -0.2) is 0 Å². The predicted octanol–water partition coefficient (Wildman–Crippen LogP) is 2.43. The molecule has 132 valence electrons. The van der Waals surface area contributed by atoms with E-state index in [9.17, 15) is 4.79 Å². The fraction of sp³-hybridized carbons (Fsp3) is 0.611. The van der Waals surface area contributed by atoms with Gasteiger partial charge in [-0.05, 0) is 37.5 Å². The molecule has 6 heteroatoms. The van der Waals surface area contributed by atoms with Gasteiger partial charge in [0.15, 0.2) is 0 Å². The number of nitrogens with one attached hydrogen (secondary N) is 1. The van der Waals surface area contributed by atoms with E-state index in [4.69, 9.17) is 14.2 Å². The lowest BCUT2D eigenvalue weighted by atomic mass is 10.1. The summed E-state index contributed by atoms with van der Waals surface area (Å²) in [4.78, 5) is 14.6. The Bertz CT molecular complexity index is 552. The molecule has 1 aromatic rings. The normalized spacial score (nSPS) is 21.4. The molecule has 0 aromatic heterocycles. The van der Waals surface area contributed by atoms with Crippen molar-refractivity contribution in [3.05, 3.63) is 18.2 Å². The van der Waals surface area contributed by atoms with E-state index in [0.717, 1.165) is 57.9 Å². The highest BCUT2D eigenvalue weighted by atomic mass is 16.5. The van der Waals surface area contributed by atoms with Gasteiger partial charge < -0.3 is 24.4 Å². The summed E-state index contributed by atoms with van der Waals surface area (Å²) in [5.74, 6) is 0.643. The third-order valence-electron chi connectivity index (χ3n) is 4.52. The summed E-state index contributed by atoms with van der Waals surface area (Å²) >= 11 is 0. The predicted molar refractivity (Wildman–Crippen MR) is 92.9 cm³/mol. The third-order valence-corrected chi connectivity index (χ3v) is 4.52. The van der Waals surface area contributed by atoms with Crippen molar-refractivity contribution in [1.29, 1.82) is 0 Å². The summed E-state index contributed by atoms with van der Waals surface area (Å²) in [6, 6.07) is 5.89. The smallest absolute Gasteiger partial charge is 0.227 e. The molecule has 2 fully saturated rings. The van der Waals surface area contributed by atoms with Gasteiger partial charge in [0, 0.05) is 25.4 Å². The summed E-state index contributed by atoms with van der Waals surface area (Å²) < 4.78 is 16.4. The highest BCUT2D eigenvalue weighted by Crippen LogP contribution is 2.30. The minimum Gasteiger partial charge on any atom is -0.495 e. The molecule has 2 aliphatic heterocycles. The molecule has 0 bridgehead atoms. The molecule has 1 unspecified atom stereocenters. The number of hydrogen-bond acceptors (Lipinski definition) is 5. The van der Waals surface area contributed by atoms with Gasteiger partial charge in [-0.3, -0.25) is 4.79 Å². The van der Waals surface area contributed by atoms with E-state index in [1.807, 2.05) is 18.2 Å². The quantitative estimate of drug-likeness (QED) is 0.896. The second kappa shape index (κ2) is 8.35. The maximum absolute atomic E-state index is 12.4. The standard InChI is InChI=1S/C18H26N2O4/c1-22-17-6-5-14(20-7-10-23-11-8-20)12-16(17)19-18(21)13-15-4-2-3-9-24-15/h5-6,12,15H,2-4,7-11,13H2,1H3,(H,19,21). The summed E-state index contributed by atoms with van der Waals surface area (Å²) in [6.45, 7) is 3.93. The fourth-order valence-electron chi connectivity index (χ4n) is 3.19. The number of amides is 1. The molecule has 6 nitrogen and oxygen atoms in total. The van der Waals surface area contributed by atoms with Crippen LogP contribution in [0.4, 0.5) is 11.4 Å². The molecule has 0 spiro atoms. The van der Waals surface area contributed by atoms with Gasteiger partial charge in [0.1, 0.15) is 5.75 Å². The second-order valence-corrected chi connectivity index (χ2v) is 6.22. The molecule has 1 aromatic carbocycles. The maximum Gasteiger partial charge on any atom is 0.227 e. The Morgan fingerprint density at radius 1 is 1.29 bits per heavy atom. The van der Waals surface area contributed by atoms with E-state index in [1.165, 1.54) is 0 Å². The molecule has 24 heavy (non-hydrogen) atoms. The summed E-state index contributed by atoms with van der Waals surface area (Å²) in [5.41, 5.74) is 1.78. The number of methoxy groups -OCH3 is 1. The Hall–Kier alpha value is -1.79. The second-order valence-electron chi connectivity index (χ2n) is 6.22. The number of rotatable bonds is 5. The van der Waals surface area contributed by atoms with Crippen molar-refractivity contribution in [2.24, 2.45) is 0 Å². The highest BCUT2D eigenvalue weighted by molar-refractivity contribution is 5.93. The van der Waals surface area contributed by atoms with Crippen LogP contribution in [0.1, 0.15) is 25.7 Å². The Morgan fingerprint density at radius 3 is 2.83 bits per heavy atom. The summed E-state index contributed by atoms with van der Waals surface area (Å²) in [5, 5.41) is 2.99. The zero-order valence-corrected chi connectivity index (χ0v) is 14.3. The molecule has 2 heterocycles. The lowest BCUT2D eigenvalue weighted by Crippen LogP contribution is -2.36. The van der Waals surface area contributed by atoms with E-state index in [0.29, 0.717) is 17.9 Å². The molecule has 0 saturated carbocycles. The maximum atomic E-state index is 12.4. The first-order valence-corrected chi connectivity index (χ1v) is 8.68. The van der Waals surface area contributed by atoms with Crippen LogP contribution in [0.2, 0.25) is 0 Å². The van der Waals surface area contributed by atoms with E-state index < -0.39 is 0 Å². The zero-order chi connectivity index (χ0) is 16.8. The van der Waals surface area contributed by atoms with Gasteiger partial charge in [0.2, 0.25) is 5.91 Å². The monoisotopic (exact) mass is 334 g/mol. The third kappa shape index (κ3) is 4.39. The molecule has 2 aliphatic rings. The van der Waals surface area contributed by atoms with Gasteiger partial charge in [0.05, 0.1) is 38.5 Å².